The summed E-state index contributed by atoms with van der Waals surface area (Å²) in [5, 5.41) is 0.626. The van der Waals surface area contributed by atoms with Crippen molar-refractivity contribution in [3.8, 4) is 0 Å². The van der Waals surface area contributed by atoms with Crippen molar-refractivity contribution in [2.24, 2.45) is 0 Å². The van der Waals surface area contributed by atoms with Crippen LogP contribution in [0, 0.1) is 0 Å². The lowest BCUT2D eigenvalue weighted by Crippen LogP contribution is -2.25. The van der Waals surface area contributed by atoms with Gasteiger partial charge in [-0.15, -0.1) is 0 Å². The van der Waals surface area contributed by atoms with E-state index >= 15 is 0 Å². The number of aromatic nitrogens is 1. The van der Waals surface area contributed by atoms with E-state index in [1.807, 2.05) is 0 Å². The first kappa shape index (κ1) is 17.4. The topological polar surface area (TPSA) is 59.1 Å². The van der Waals surface area contributed by atoms with Gasteiger partial charge in [-0.2, -0.15) is 13.2 Å². The highest BCUT2D eigenvalue weighted by atomic mass is 32.2. The normalized spacial score (nSPS) is 12.4. The number of halogens is 3. The van der Waals surface area contributed by atoms with E-state index in [4.69, 9.17) is 0 Å². The molecule has 1 aromatic heterocycles. The summed E-state index contributed by atoms with van der Waals surface area (Å²) in [7, 11) is -4.03. The summed E-state index contributed by atoms with van der Waals surface area (Å²) in [5.74, 6) is 0. The Kier molecular flexibility index (Phi) is 4.49. The second-order valence-electron chi connectivity index (χ2n) is 5.31. The fraction of sp³-hybridized carbons (Fsp3) is 0.118. The second-order valence-corrected chi connectivity index (χ2v) is 7.05. The molecule has 3 aromatic rings. The molecule has 0 aliphatic heterocycles. The van der Waals surface area contributed by atoms with Crippen LogP contribution in [0.2, 0.25) is 0 Å². The van der Waals surface area contributed by atoms with Gasteiger partial charge < -0.3 is 0 Å². The highest BCUT2D eigenvalue weighted by Crippen LogP contribution is 2.32. The average Bonchev–Trinajstić information content (AvgIpc) is 2.59. The van der Waals surface area contributed by atoms with Crippen LogP contribution in [0.1, 0.15) is 11.1 Å². The summed E-state index contributed by atoms with van der Waals surface area (Å²) in [6, 6.07) is 12.9. The number of nitrogens with zero attached hydrogens (tertiary/aromatic N) is 1. The third-order valence-corrected chi connectivity index (χ3v) is 5.09. The van der Waals surface area contributed by atoms with Crippen LogP contribution >= 0.6 is 0 Å². The molecule has 0 aliphatic rings. The maximum absolute atomic E-state index is 13.0. The zero-order chi connectivity index (χ0) is 18.1. The molecule has 0 aliphatic carbocycles. The standard InChI is InChI=1S/C17H13F3N2O2S/c18-17(19,20)14-8-2-1-5-13(14)11-22-25(23,24)15-9-3-6-12-7-4-10-21-16(12)15/h1-10,22H,11H2. The Morgan fingerprint density at radius 1 is 0.960 bits per heavy atom. The molecule has 0 bridgehead atoms. The average molecular weight is 366 g/mol. The van der Waals surface area contributed by atoms with Gasteiger partial charge >= 0.3 is 6.18 Å². The molecular weight excluding hydrogens is 353 g/mol. The monoisotopic (exact) mass is 366 g/mol. The van der Waals surface area contributed by atoms with Gasteiger partial charge in [-0.1, -0.05) is 36.4 Å². The van der Waals surface area contributed by atoms with Crippen molar-refractivity contribution >= 4 is 20.9 Å². The van der Waals surface area contributed by atoms with Crippen LogP contribution < -0.4 is 4.72 Å². The highest BCUT2D eigenvalue weighted by molar-refractivity contribution is 7.89. The van der Waals surface area contributed by atoms with E-state index in [2.05, 4.69) is 9.71 Å². The Balaban J connectivity index is 1.93. The maximum Gasteiger partial charge on any atom is 0.416 e. The summed E-state index contributed by atoms with van der Waals surface area (Å²) >= 11 is 0. The van der Waals surface area contributed by atoms with E-state index < -0.39 is 28.3 Å². The molecule has 8 heteroatoms. The third kappa shape index (κ3) is 3.64. The van der Waals surface area contributed by atoms with Crippen LogP contribution in [0.25, 0.3) is 10.9 Å². The summed E-state index contributed by atoms with van der Waals surface area (Å²) < 4.78 is 66.4. The summed E-state index contributed by atoms with van der Waals surface area (Å²) in [6.45, 7) is -0.471. The van der Waals surface area contributed by atoms with Gasteiger partial charge in [0, 0.05) is 18.1 Å². The summed E-state index contributed by atoms with van der Waals surface area (Å²) in [4.78, 5) is 3.99. The minimum absolute atomic E-state index is 0.0740. The first-order valence-corrected chi connectivity index (χ1v) is 8.76. The molecule has 3 rings (SSSR count). The molecule has 0 atom stereocenters. The lowest BCUT2D eigenvalue weighted by molar-refractivity contribution is -0.138. The van der Waals surface area contributed by atoms with E-state index in [1.165, 1.54) is 30.5 Å². The van der Waals surface area contributed by atoms with Crippen LogP contribution in [0.5, 0.6) is 0 Å². The molecule has 2 aromatic carbocycles. The van der Waals surface area contributed by atoms with Gasteiger partial charge in [0.15, 0.2) is 0 Å². The molecule has 25 heavy (non-hydrogen) atoms. The van der Waals surface area contributed by atoms with Crippen LogP contribution in [0.4, 0.5) is 13.2 Å². The first-order valence-electron chi connectivity index (χ1n) is 7.27. The molecule has 130 valence electrons. The molecule has 4 nitrogen and oxygen atoms in total. The fourth-order valence-electron chi connectivity index (χ4n) is 2.49. The van der Waals surface area contributed by atoms with Gasteiger partial charge in [0.2, 0.25) is 10.0 Å². The molecule has 1 N–H and O–H groups in total. The van der Waals surface area contributed by atoms with Crippen molar-refractivity contribution < 1.29 is 21.6 Å². The van der Waals surface area contributed by atoms with Crippen molar-refractivity contribution in [1.29, 1.82) is 0 Å². The number of rotatable bonds is 4. The number of fused-ring (bicyclic) bond motifs is 1. The SMILES string of the molecule is O=S(=O)(NCc1ccccc1C(F)(F)F)c1cccc2cccnc12. The predicted octanol–water partition coefficient (Wildman–Crippen LogP) is 3.73. The fourth-order valence-corrected chi connectivity index (χ4v) is 3.68. The molecule has 0 saturated carbocycles. The highest BCUT2D eigenvalue weighted by Gasteiger charge is 2.33. The minimum atomic E-state index is -4.55. The van der Waals surface area contributed by atoms with Gasteiger partial charge in [0.05, 0.1) is 11.1 Å². The van der Waals surface area contributed by atoms with Crippen LogP contribution in [-0.4, -0.2) is 13.4 Å². The van der Waals surface area contributed by atoms with Gasteiger partial charge in [-0.25, -0.2) is 13.1 Å². The van der Waals surface area contributed by atoms with Crippen molar-refractivity contribution in [3.63, 3.8) is 0 Å². The molecule has 0 saturated heterocycles. The van der Waals surface area contributed by atoms with E-state index in [0.29, 0.717) is 5.39 Å². The number of pyridine rings is 1. The zero-order valence-electron chi connectivity index (χ0n) is 12.8. The van der Waals surface area contributed by atoms with Crippen molar-refractivity contribution in [2.75, 3.05) is 0 Å². The second kappa shape index (κ2) is 6.45. The van der Waals surface area contributed by atoms with Crippen molar-refractivity contribution in [1.82, 2.24) is 9.71 Å². The number of nitrogens with one attached hydrogen (secondary N) is 1. The number of hydrogen-bond acceptors (Lipinski definition) is 3. The molecule has 0 amide bonds. The largest absolute Gasteiger partial charge is 0.416 e. The van der Waals surface area contributed by atoms with Crippen LogP contribution in [0.15, 0.2) is 65.7 Å². The third-order valence-electron chi connectivity index (χ3n) is 3.66. The molecule has 0 radical (unpaired) electrons. The van der Waals surface area contributed by atoms with Crippen molar-refractivity contribution in [3.05, 3.63) is 71.9 Å². The number of hydrogen-bond donors (Lipinski definition) is 1. The number of benzene rings is 2. The zero-order valence-corrected chi connectivity index (χ0v) is 13.6. The number of sulfonamides is 1. The smallest absolute Gasteiger partial charge is 0.255 e. The number of para-hydroxylation sites is 1. The van der Waals surface area contributed by atoms with E-state index in [1.54, 1.807) is 24.3 Å². The lowest BCUT2D eigenvalue weighted by atomic mass is 10.1. The van der Waals surface area contributed by atoms with Crippen molar-refractivity contribution in [2.45, 2.75) is 17.6 Å². The lowest BCUT2D eigenvalue weighted by Gasteiger charge is -2.14. The Bertz CT molecular complexity index is 1010. The minimum Gasteiger partial charge on any atom is -0.255 e. The van der Waals surface area contributed by atoms with E-state index in [9.17, 15) is 21.6 Å². The van der Waals surface area contributed by atoms with Crippen LogP contribution in [-0.2, 0) is 22.7 Å². The quantitative estimate of drug-likeness (QED) is 0.765. The Labute approximate surface area is 142 Å². The maximum atomic E-state index is 13.0. The van der Waals surface area contributed by atoms with E-state index in [-0.39, 0.29) is 16.0 Å². The molecule has 1 heterocycles. The van der Waals surface area contributed by atoms with Gasteiger partial charge in [-0.3, -0.25) is 4.98 Å². The summed E-state index contributed by atoms with van der Waals surface area (Å²) in [5.41, 5.74) is -0.748. The van der Waals surface area contributed by atoms with Gasteiger partial charge in [0.25, 0.3) is 0 Å². The van der Waals surface area contributed by atoms with Gasteiger partial charge in [0.1, 0.15) is 4.90 Å². The predicted molar refractivity (Wildman–Crippen MR) is 87.2 cm³/mol. The summed E-state index contributed by atoms with van der Waals surface area (Å²) in [6.07, 6.45) is -3.09. The molecular formula is C17H13F3N2O2S. The Hall–Kier alpha value is -2.45. The van der Waals surface area contributed by atoms with Crippen LogP contribution in [0.3, 0.4) is 0 Å². The van der Waals surface area contributed by atoms with Gasteiger partial charge in [-0.05, 0) is 23.8 Å². The molecule has 0 fully saturated rings. The molecule has 0 spiro atoms. The molecule has 0 unspecified atom stereocenters. The number of alkyl halides is 3. The Morgan fingerprint density at radius 2 is 1.68 bits per heavy atom. The Morgan fingerprint density at radius 3 is 2.44 bits per heavy atom. The first-order chi connectivity index (χ1) is 11.8. The van der Waals surface area contributed by atoms with E-state index in [0.717, 1.165) is 6.07 Å².